The van der Waals surface area contributed by atoms with Gasteiger partial charge in [0.15, 0.2) is 0 Å². The van der Waals surface area contributed by atoms with Crippen LogP contribution in [-0.2, 0) is 0 Å². The molecule has 0 saturated heterocycles. The van der Waals surface area contributed by atoms with E-state index in [0.29, 0.717) is 5.56 Å². The SMILES string of the molecule is Fc1ccccc1C=CC1=NCCCS1. The molecular weight excluding hydrogens is 209 g/mol. The Hall–Kier alpha value is -1.09. The van der Waals surface area contributed by atoms with Gasteiger partial charge in [-0.2, -0.15) is 0 Å². The molecule has 0 aromatic heterocycles. The third-order valence-electron chi connectivity index (χ3n) is 2.13. The van der Waals surface area contributed by atoms with Crippen molar-refractivity contribution in [3.05, 3.63) is 41.7 Å². The van der Waals surface area contributed by atoms with Gasteiger partial charge in [-0.25, -0.2) is 4.39 Å². The first-order valence-corrected chi connectivity index (χ1v) is 5.95. The van der Waals surface area contributed by atoms with Gasteiger partial charge in [-0.3, -0.25) is 4.99 Å². The van der Waals surface area contributed by atoms with Gasteiger partial charge in [0.2, 0.25) is 0 Å². The molecule has 1 aromatic rings. The highest BCUT2D eigenvalue weighted by Gasteiger charge is 2.02. The monoisotopic (exact) mass is 221 g/mol. The largest absolute Gasteiger partial charge is 0.278 e. The molecule has 0 aliphatic carbocycles. The summed E-state index contributed by atoms with van der Waals surface area (Å²) in [7, 11) is 0. The van der Waals surface area contributed by atoms with Crippen LogP contribution >= 0.6 is 11.8 Å². The van der Waals surface area contributed by atoms with Crippen molar-refractivity contribution >= 4 is 22.9 Å². The van der Waals surface area contributed by atoms with Crippen LogP contribution in [0.1, 0.15) is 12.0 Å². The van der Waals surface area contributed by atoms with Gasteiger partial charge in [0.05, 0.1) is 5.04 Å². The van der Waals surface area contributed by atoms with Gasteiger partial charge in [0.25, 0.3) is 0 Å². The minimum atomic E-state index is -0.185. The maximum atomic E-state index is 13.2. The summed E-state index contributed by atoms with van der Waals surface area (Å²) in [5.74, 6) is 0.927. The highest BCUT2D eigenvalue weighted by molar-refractivity contribution is 8.14. The first-order valence-electron chi connectivity index (χ1n) is 4.96. The molecule has 2 rings (SSSR count). The Balaban J connectivity index is 2.11. The van der Waals surface area contributed by atoms with E-state index in [2.05, 4.69) is 4.99 Å². The Bertz CT molecular complexity index is 398. The molecule has 1 heterocycles. The molecule has 78 valence electrons. The Morgan fingerprint density at radius 3 is 2.87 bits per heavy atom. The standard InChI is InChI=1S/C12H12FNS/c13-11-5-2-1-4-10(11)6-7-12-14-8-3-9-15-12/h1-2,4-7H,3,8-9H2. The second-order valence-electron chi connectivity index (χ2n) is 3.28. The summed E-state index contributed by atoms with van der Waals surface area (Å²) in [6.07, 6.45) is 4.82. The first kappa shape index (κ1) is 10.4. The van der Waals surface area contributed by atoms with Crippen LogP contribution in [0, 0.1) is 5.82 Å². The molecule has 0 amide bonds. The Labute approximate surface area is 93.1 Å². The van der Waals surface area contributed by atoms with Gasteiger partial charge in [-0.15, -0.1) is 11.8 Å². The quantitative estimate of drug-likeness (QED) is 0.745. The van der Waals surface area contributed by atoms with Crippen molar-refractivity contribution in [2.75, 3.05) is 12.3 Å². The van der Waals surface area contributed by atoms with Crippen LogP contribution in [0.2, 0.25) is 0 Å². The van der Waals surface area contributed by atoms with E-state index in [1.807, 2.05) is 12.1 Å². The molecule has 1 aromatic carbocycles. The summed E-state index contributed by atoms with van der Waals surface area (Å²) in [5, 5.41) is 1.00. The molecule has 0 unspecified atom stereocenters. The van der Waals surface area contributed by atoms with E-state index in [4.69, 9.17) is 0 Å². The average molecular weight is 221 g/mol. The van der Waals surface area contributed by atoms with Crippen LogP contribution in [-0.4, -0.2) is 17.3 Å². The molecule has 0 fully saturated rings. The fourth-order valence-electron chi connectivity index (χ4n) is 1.35. The molecule has 0 N–H and O–H groups in total. The summed E-state index contributed by atoms with van der Waals surface area (Å²) < 4.78 is 13.2. The number of rotatable bonds is 2. The maximum absolute atomic E-state index is 13.2. The van der Waals surface area contributed by atoms with Gasteiger partial charge < -0.3 is 0 Å². The molecule has 0 saturated carbocycles. The van der Waals surface area contributed by atoms with Crippen LogP contribution < -0.4 is 0 Å². The zero-order valence-corrected chi connectivity index (χ0v) is 9.14. The van der Waals surface area contributed by atoms with Crippen molar-refractivity contribution in [2.24, 2.45) is 4.99 Å². The summed E-state index contributed by atoms with van der Waals surface area (Å²) >= 11 is 1.73. The smallest absolute Gasteiger partial charge is 0.130 e. The minimum absolute atomic E-state index is 0.185. The number of hydrogen-bond acceptors (Lipinski definition) is 2. The number of nitrogens with zero attached hydrogens (tertiary/aromatic N) is 1. The van der Waals surface area contributed by atoms with Crippen molar-refractivity contribution in [2.45, 2.75) is 6.42 Å². The third-order valence-corrected chi connectivity index (χ3v) is 3.18. The number of halogens is 1. The van der Waals surface area contributed by atoms with Crippen LogP contribution in [0.4, 0.5) is 4.39 Å². The lowest BCUT2D eigenvalue weighted by atomic mass is 10.2. The van der Waals surface area contributed by atoms with Crippen molar-refractivity contribution in [3.63, 3.8) is 0 Å². The Kier molecular flexibility index (Phi) is 3.56. The highest BCUT2D eigenvalue weighted by Crippen LogP contribution is 2.15. The van der Waals surface area contributed by atoms with Crippen molar-refractivity contribution in [3.8, 4) is 0 Å². The Morgan fingerprint density at radius 2 is 2.13 bits per heavy atom. The topological polar surface area (TPSA) is 12.4 Å². The normalized spacial score (nSPS) is 16.7. The molecule has 0 spiro atoms. The van der Waals surface area contributed by atoms with E-state index in [-0.39, 0.29) is 5.82 Å². The highest BCUT2D eigenvalue weighted by atomic mass is 32.2. The molecule has 1 nitrogen and oxygen atoms in total. The number of aliphatic imine (C=N–C) groups is 1. The lowest BCUT2D eigenvalue weighted by molar-refractivity contribution is 0.625. The molecule has 0 atom stereocenters. The van der Waals surface area contributed by atoms with E-state index in [1.165, 1.54) is 6.07 Å². The predicted octanol–water partition coefficient (Wildman–Crippen LogP) is 3.37. The van der Waals surface area contributed by atoms with Crippen molar-refractivity contribution < 1.29 is 4.39 Å². The van der Waals surface area contributed by atoms with E-state index in [1.54, 1.807) is 30.0 Å². The lowest BCUT2D eigenvalue weighted by Crippen LogP contribution is -2.00. The van der Waals surface area contributed by atoms with E-state index < -0.39 is 0 Å². The number of hydrogen-bond donors (Lipinski definition) is 0. The van der Waals surface area contributed by atoms with Gasteiger partial charge in [-0.1, -0.05) is 18.2 Å². The average Bonchev–Trinajstić information content (AvgIpc) is 2.29. The van der Waals surface area contributed by atoms with E-state index in [9.17, 15) is 4.39 Å². The van der Waals surface area contributed by atoms with Crippen LogP contribution in [0.5, 0.6) is 0 Å². The third kappa shape index (κ3) is 2.93. The second-order valence-corrected chi connectivity index (χ2v) is 4.39. The van der Waals surface area contributed by atoms with E-state index in [0.717, 1.165) is 23.8 Å². The van der Waals surface area contributed by atoms with Crippen LogP contribution in [0.3, 0.4) is 0 Å². The fourth-order valence-corrected chi connectivity index (χ4v) is 2.18. The zero-order chi connectivity index (χ0) is 10.5. The van der Waals surface area contributed by atoms with Crippen LogP contribution in [0.25, 0.3) is 6.08 Å². The molecular formula is C12H12FNS. The van der Waals surface area contributed by atoms with Crippen molar-refractivity contribution in [1.82, 2.24) is 0 Å². The molecule has 15 heavy (non-hydrogen) atoms. The number of thioether (sulfide) groups is 1. The lowest BCUT2D eigenvalue weighted by Gasteiger charge is -2.06. The van der Waals surface area contributed by atoms with Crippen molar-refractivity contribution in [1.29, 1.82) is 0 Å². The van der Waals surface area contributed by atoms with Crippen LogP contribution in [0.15, 0.2) is 35.3 Å². The van der Waals surface area contributed by atoms with Gasteiger partial charge in [0.1, 0.15) is 5.82 Å². The molecule has 1 aliphatic heterocycles. The minimum Gasteiger partial charge on any atom is -0.278 e. The molecule has 0 radical (unpaired) electrons. The zero-order valence-electron chi connectivity index (χ0n) is 8.32. The fraction of sp³-hybridized carbons (Fsp3) is 0.250. The number of benzene rings is 1. The predicted molar refractivity (Wildman–Crippen MR) is 64.8 cm³/mol. The molecule has 3 heteroatoms. The van der Waals surface area contributed by atoms with E-state index >= 15 is 0 Å². The maximum Gasteiger partial charge on any atom is 0.130 e. The first-order chi connectivity index (χ1) is 7.36. The summed E-state index contributed by atoms with van der Waals surface area (Å²) in [5.41, 5.74) is 0.617. The summed E-state index contributed by atoms with van der Waals surface area (Å²) in [6.45, 7) is 0.893. The van der Waals surface area contributed by atoms with Gasteiger partial charge >= 0.3 is 0 Å². The molecule has 0 bridgehead atoms. The summed E-state index contributed by atoms with van der Waals surface area (Å²) in [4.78, 5) is 4.34. The molecule has 1 aliphatic rings. The Morgan fingerprint density at radius 1 is 1.27 bits per heavy atom. The van der Waals surface area contributed by atoms with Gasteiger partial charge in [-0.05, 0) is 24.6 Å². The summed E-state index contributed by atoms with van der Waals surface area (Å²) in [6, 6.07) is 6.76. The second kappa shape index (κ2) is 5.12. The van der Waals surface area contributed by atoms with Gasteiger partial charge in [0, 0.05) is 17.9 Å².